The van der Waals surface area contributed by atoms with Crippen molar-refractivity contribution in [3.05, 3.63) is 64.1 Å². The fraction of sp³-hybridized carbons (Fsp3) is 0.136. The molecule has 9 heteroatoms. The van der Waals surface area contributed by atoms with Gasteiger partial charge in [0.15, 0.2) is 18.1 Å². The van der Waals surface area contributed by atoms with E-state index in [2.05, 4.69) is 26.5 Å². The van der Waals surface area contributed by atoms with Crippen LogP contribution in [0.2, 0.25) is 0 Å². The summed E-state index contributed by atoms with van der Waals surface area (Å²) in [6.07, 6.45) is 1.39. The molecule has 3 N–H and O–H groups in total. The minimum Gasteiger partial charge on any atom is -0.507 e. The predicted octanol–water partition coefficient (Wildman–Crippen LogP) is 3.93. The zero-order valence-electron chi connectivity index (χ0n) is 16.5. The number of phenolic OH excluding ortho intramolecular Hbond substituents is 1. The smallest absolute Gasteiger partial charge is 0.341 e. The lowest BCUT2D eigenvalue weighted by molar-refractivity contribution is -0.139. The standard InChI is InChI=1S/C22H19BrN2O6/c1-2-30-19-8-13(7-17(23)21(19)31-12-20(27)28)11-24-25-22(29)16-9-14-5-3-4-6-15(14)10-18(16)26/h3-11,26H,2,12H2,1H3,(H,25,29)(H,27,28). The molecule has 0 saturated heterocycles. The van der Waals surface area contributed by atoms with Gasteiger partial charge in [-0.3, -0.25) is 4.79 Å². The highest BCUT2D eigenvalue weighted by Gasteiger charge is 2.14. The molecule has 0 radical (unpaired) electrons. The number of nitrogens with zero attached hydrogens (tertiary/aromatic N) is 1. The zero-order valence-corrected chi connectivity index (χ0v) is 18.0. The predicted molar refractivity (Wildman–Crippen MR) is 119 cm³/mol. The maximum Gasteiger partial charge on any atom is 0.341 e. The molecule has 0 aliphatic carbocycles. The molecule has 0 aliphatic rings. The minimum absolute atomic E-state index is 0.101. The lowest BCUT2D eigenvalue weighted by atomic mass is 10.1. The lowest BCUT2D eigenvalue weighted by Crippen LogP contribution is -2.17. The molecular formula is C22H19BrN2O6. The molecule has 31 heavy (non-hydrogen) atoms. The highest BCUT2D eigenvalue weighted by atomic mass is 79.9. The van der Waals surface area contributed by atoms with Crippen LogP contribution in [0.1, 0.15) is 22.8 Å². The lowest BCUT2D eigenvalue weighted by Gasteiger charge is -2.13. The van der Waals surface area contributed by atoms with E-state index in [0.717, 1.165) is 10.8 Å². The van der Waals surface area contributed by atoms with E-state index >= 15 is 0 Å². The van der Waals surface area contributed by atoms with Gasteiger partial charge in [0.25, 0.3) is 5.91 Å². The van der Waals surface area contributed by atoms with Gasteiger partial charge in [-0.25, -0.2) is 10.2 Å². The molecule has 3 rings (SSSR count). The van der Waals surface area contributed by atoms with E-state index in [0.29, 0.717) is 22.4 Å². The Bertz CT molecular complexity index is 1160. The van der Waals surface area contributed by atoms with Gasteiger partial charge in [0.2, 0.25) is 0 Å². The molecule has 1 amide bonds. The second kappa shape index (κ2) is 9.94. The number of carboxylic acids is 1. The van der Waals surface area contributed by atoms with Crippen LogP contribution in [0.25, 0.3) is 10.8 Å². The number of hydrazone groups is 1. The zero-order chi connectivity index (χ0) is 22.4. The summed E-state index contributed by atoms with van der Waals surface area (Å²) in [6, 6.07) is 13.7. The fourth-order valence-electron chi connectivity index (χ4n) is 2.84. The van der Waals surface area contributed by atoms with E-state index < -0.39 is 18.5 Å². The van der Waals surface area contributed by atoms with Crippen molar-refractivity contribution in [3.63, 3.8) is 0 Å². The van der Waals surface area contributed by atoms with Crippen LogP contribution >= 0.6 is 15.9 Å². The van der Waals surface area contributed by atoms with E-state index in [9.17, 15) is 14.7 Å². The molecule has 0 aromatic heterocycles. The van der Waals surface area contributed by atoms with E-state index in [4.69, 9.17) is 14.6 Å². The van der Waals surface area contributed by atoms with Crippen LogP contribution in [0, 0.1) is 0 Å². The number of halogens is 1. The summed E-state index contributed by atoms with van der Waals surface area (Å²) in [5, 5.41) is 24.5. The summed E-state index contributed by atoms with van der Waals surface area (Å²) >= 11 is 3.33. The Kier molecular flexibility index (Phi) is 7.09. The number of rotatable bonds is 8. The Labute approximate surface area is 186 Å². The molecule has 0 spiro atoms. The number of benzene rings is 3. The number of fused-ring (bicyclic) bond motifs is 1. The van der Waals surface area contributed by atoms with Crippen LogP contribution in [0.4, 0.5) is 0 Å². The molecule has 3 aromatic rings. The van der Waals surface area contributed by atoms with E-state index in [1.807, 2.05) is 24.3 Å². The second-order valence-corrected chi connectivity index (χ2v) is 7.22. The van der Waals surface area contributed by atoms with Crippen molar-refractivity contribution in [2.75, 3.05) is 13.2 Å². The summed E-state index contributed by atoms with van der Waals surface area (Å²) in [5.41, 5.74) is 3.06. The first kappa shape index (κ1) is 22.1. The Morgan fingerprint density at radius 1 is 1.13 bits per heavy atom. The number of aromatic hydroxyl groups is 1. The largest absolute Gasteiger partial charge is 0.507 e. The van der Waals surface area contributed by atoms with Crippen molar-refractivity contribution in [1.82, 2.24) is 5.43 Å². The van der Waals surface area contributed by atoms with Crippen molar-refractivity contribution < 1.29 is 29.3 Å². The number of aliphatic carboxylic acids is 1. The summed E-state index contributed by atoms with van der Waals surface area (Å²) in [6.45, 7) is 1.61. The van der Waals surface area contributed by atoms with Crippen molar-refractivity contribution >= 4 is 44.8 Å². The van der Waals surface area contributed by atoms with Crippen LogP contribution in [-0.4, -0.2) is 41.5 Å². The number of phenols is 1. The third-order valence-electron chi connectivity index (χ3n) is 4.16. The quantitative estimate of drug-likeness (QED) is 0.328. The van der Waals surface area contributed by atoms with E-state index in [-0.39, 0.29) is 17.1 Å². The number of ether oxygens (including phenoxy) is 2. The first-order valence-corrected chi connectivity index (χ1v) is 10.0. The van der Waals surface area contributed by atoms with Crippen molar-refractivity contribution in [3.8, 4) is 17.2 Å². The third-order valence-corrected chi connectivity index (χ3v) is 4.75. The molecule has 0 saturated carbocycles. The first-order chi connectivity index (χ1) is 14.9. The normalized spacial score (nSPS) is 10.9. The number of hydrogen-bond donors (Lipinski definition) is 3. The topological polar surface area (TPSA) is 117 Å². The van der Waals surface area contributed by atoms with Crippen molar-refractivity contribution in [2.24, 2.45) is 5.10 Å². The molecule has 0 atom stereocenters. The number of carbonyl (C=O) groups excluding carboxylic acids is 1. The van der Waals surface area contributed by atoms with Crippen molar-refractivity contribution in [1.29, 1.82) is 0 Å². The minimum atomic E-state index is -1.11. The second-order valence-electron chi connectivity index (χ2n) is 6.36. The van der Waals surface area contributed by atoms with Gasteiger partial charge < -0.3 is 19.7 Å². The van der Waals surface area contributed by atoms with Gasteiger partial charge in [-0.1, -0.05) is 24.3 Å². The maximum atomic E-state index is 12.4. The highest BCUT2D eigenvalue weighted by molar-refractivity contribution is 9.10. The fourth-order valence-corrected chi connectivity index (χ4v) is 3.41. The molecule has 8 nitrogen and oxygen atoms in total. The third kappa shape index (κ3) is 5.52. The van der Waals surface area contributed by atoms with Gasteiger partial charge in [-0.05, 0) is 63.5 Å². The summed E-state index contributed by atoms with van der Waals surface area (Å²) in [7, 11) is 0. The van der Waals surface area contributed by atoms with Crippen LogP contribution < -0.4 is 14.9 Å². The Balaban J connectivity index is 1.77. The Morgan fingerprint density at radius 3 is 2.52 bits per heavy atom. The average molecular weight is 487 g/mol. The van der Waals surface area contributed by atoms with Gasteiger partial charge in [0.1, 0.15) is 5.75 Å². The van der Waals surface area contributed by atoms with E-state index in [1.165, 1.54) is 12.3 Å². The van der Waals surface area contributed by atoms with Crippen molar-refractivity contribution in [2.45, 2.75) is 6.92 Å². The van der Waals surface area contributed by atoms with Gasteiger partial charge in [-0.2, -0.15) is 5.10 Å². The maximum absolute atomic E-state index is 12.4. The van der Waals surface area contributed by atoms with E-state index in [1.54, 1.807) is 25.1 Å². The van der Waals surface area contributed by atoms with Crippen LogP contribution in [0.5, 0.6) is 17.2 Å². The SMILES string of the molecule is CCOc1cc(C=NNC(=O)c2cc3ccccc3cc2O)cc(Br)c1OCC(=O)O. The molecular weight excluding hydrogens is 468 g/mol. The number of hydrogen-bond acceptors (Lipinski definition) is 6. The van der Waals surface area contributed by atoms with Gasteiger partial charge in [0, 0.05) is 0 Å². The van der Waals surface area contributed by atoms with Gasteiger partial charge in [0.05, 0.1) is 22.9 Å². The highest BCUT2D eigenvalue weighted by Crippen LogP contribution is 2.36. The summed E-state index contributed by atoms with van der Waals surface area (Å²) in [5.74, 6) is -1.23. The number of carbonyl (C=O) groups is 2. The van der Waals surface area contributed by atoms with Crippen LogP contribution in [0.3, 0.4) is 0 Å². The molecule has 0 aliphatic heterocycles. The van der Waals surface area contributed by atoms with Crippen LogP contribution in [-0.2, 0) is 4.79 Å². The molecule has 0 unspecified atom stereocenters. The Morgan fingerprint density at radius 2 is 1.84 bits per heavy atom. The monoisotopic (exact) mass is 486 g/mol. The number of amides is 1. The number of nitrogens with one attached hydrogen (secondary N) is 1. The molecule has 160 valence electrons. The first-order valence-electron chi connectivity index (χ1n) is 9.25. The molecule has 0 fully saturated rings. The molecule has 3 aromatic carbocycles. The summed E-state index contributed by atoms with van der Waals surface area (Å²) in [4.78, 5) is 23.2. The van der Waals surface area contributed by atoms with Gasteiger partial charge >= 0.3 is 5.97 Å². The molecule has 0 bridgehead atoms. The molecule has 0 heterocycles. The van der Waals surface area contributed by atoms with Crippen LogP contribution in [0.15, 0.2) is 58.1 Å². The van der Waals surface area contributed by atoms with Gasteiger partial charge in [-0.15, -0.1) is 0 Å². The summed E-state index contributed by atoms with van der Waals surface area (Å²) < 4.78 is 11.3. The Hall–Kier alpha value is -3.59. The number of carboxylic acid groups (broad SMARTS) is 1. The average Bonchev–Trinajstić information content (AvgIpc) is 2.72.